The van der Waals surface area contributed by atoms with Crippen molar-refractivity contribution >= 4 is 22.4 Å². The van der Waals surface area contributed by atoms with Crippen LogP contribution in [0.2, 0.25) is 0 Å². The number of aryl methyl sites for hydroxylation is 1. The predicted octanol–water partition coefficient (Wildman–Crippen LogP) is 5.88. The number of thiazole rings is 1. The van der Waals surface area contributed by atoms with E-state index < -0.39 is 0 Å². The van der Waals surface area contributed by atoms with E-state index in [0.29, 0.717) is 28.5 Å². The van der Waals surface area contributed by atoms with Gasteiger partial charge in [-0.05, 0) is 79.6 Å². The first-order valence-corrected chi connectivity index (χ1v) is 14.5. The number of para-hydroxylation sites is 1. The van der Waals surface area contributed by atoms with Gasteiger partial charge >= 0.3 is 0 Å². The van der Waals surface area contributed by atoms with Gasteiger partial charge in [-0.25, -0.2) is 4.68 Å². The van der Waals surface area contributed by atoms with Crippen molar-refractivity contribution in [1.29, 1.82) is 0 Å². The Kier molecular flexibility index (Phi) is 7.66. The van der Waals surface area contributed by atoms with E-state index in [1.165, 1.54) is 15.9 Å². The molecule has 0 spiro atoms. The summed E-state index contributed by atoms with van der Waals surface area (Å²) < 4.78 is 15.2. The van der Waals surface area contributed by atoms with Crippen LogP contribution in [0.25, 0.3) is 39.4 Å². The normalized spacial score (nSPS) is 11.7. The monoisotopic (exact) mass is 575 g/mol. The maximum Gasteiger partial charge on any atom is 0.291 e. The molecule has 6 rings (SSSR count). The minimum atomic E-state index is -0.224. The fraction of sp³-hybridized carbons (Fsp3) is 0.152. The van der Waals surface area contributed by atoms with Crippen molar-refractivity contribution in [3.05, 3.63) is 118 Å². The van der Waals surface area contributed by atoms with Gasteiger partial charge in [-0.2, -0.15) is 14.6 Å². The van der Waals surface area contributed by atoms with E-state index >= 15 is 0 Å². The van der Waals surface area contributed by atoms with Gasteiger partial charge in [0, 0.05) is 22.9 Å². The largest absolute Gasteiger partial charge is 0.493 e. The molecule has 210 valence electrons. The molecule has 0 aliphatic rings. The molecule has 0 radical (unpaired) electrons. The van der Waals surface area contributed by atoms with E-state index in [0.717, 1.165) is 51.6 Å². The van der Waals surface area contributed by atoms with Gasteiger partial charge in [0.05, 0.1) is 16.8 Å². The summed E-state index contributed by atoms with van der Waals surface area (Å²) in [6, 6.07) is 23.4. The summed E-state index contributed by atoms with van der Waals surface area (Å²) in [5.41, 5.74) is 5.05. The van der Waals surface area contributed by atoms with Crippen LogP contribution in [0.5, 0.6) is 11.5 Å². The molecule has 42 heavy (non-hydrogen) atoms. The van der Waals surface area contributed by atoms with Crippen LogP contribution in [0.4, 0.5) is 0 Å². The lowest BCUT2D eigenvalue weighted by atomic mass is 10.0. The second kappa shape index (κ2) is 11.8. The first-order chi connectivity index (χ1) is 20.5. The predicted molar refractivity (Wildman–Crippen MR) is 167 cm³/mol. The number of rotatable bonds is 10. The Morgan fingerprint density at radius 3 is 2.48 bits per heavy atom. The van der Waals surface area contributed by atoms with Crippen LogP contribution in [-0.2, 0) is 0 Å². The Bertz CT molecular complexity index is 1970. The van der Waals surface area contributed by atoms with Crippen molar-refractivity contribution in [1.82, 2.24) is 24.4 Å². The third-order valence-corrected chi connectivity index (χ3v) is 7.58. The van der Waals surface area contributed by atoms with Crippen LogP contribution in [0.15, 0.2) is 96.4 Å². The smallest absolute Gasteiger partial charge is 0.291 e. The van der Waals surface area contributed by atoms with Crippen molar-refractivity contribution < 1.29 is 9.47 Å². The average Bonchev–Trinajstić information content (AvgIpc) is 3.71. The highest BCUT2D eigenvalue weighted by molar-refractivity contribution is 7.15. The van der Waals surface area contributed by atoms with E-state index in [9.17, 15) is 4.79 Å². The first-order valence-electron chi connectivity index (χ1n) is 13.7. The summed E-state index contributed by atoms with van der Waals surface area (Å²) in [5.74, 6) is 2.07. The van der Waals surface area contributed by atoms with Crippen molar-refractivity contribution in [2.24, 2.45) is 0 Å². The summed E-state index contributed by atoms with van der Waals surface area (Å²) in [4.78, 5) is 18.6. The van der Waals surface area contributed by atoms with Crippen LogP contribution < -0.4 is 19.6 Å². The van der Waals surface area contributed by atoms with Crippen molar-refractivity contribution in [3.8, 4) is 39.8 Å². The second-order valence-electron chi connectivity index (χ2n) is 9.71. The minimum absolute atomic E-state index is 0.224. The highest BCUT2D eigenvalue weighted by Gasteiger charge is 2.16. The Balaban J connectivity index is 1.39. The molecule has 3 heterocycles. The molecule has 3 aromatic heterocycles. The van der Waals surface area contributed by atoms with Crippen molar-refractivity contribution in [2.75, 3.05) is 13.2 Å². The highest BCUT2D eigenvalue weighted by Crippen LogP contribution is 2.29. The van der Waals surface area contributed by atoms with Gasteiger partial charge < -0.3 is 9.47 Å². The Morgan fingerprint density at radius 2 is 1.76 bits per heavy atom. The van der Waals surface area contributed by atoms with E-state index in [1.807, 2.05) is 90.6 Å². The Morgan fingerprint density at radius 1 is 0.976 bits per heavy atom. The molecule has 0 aliphatic heterocycles. The molecule has 0 saturated heterocycles. The number of hydrogen-bond donors (Lipinski definition) is 0. The molecule has 0 fully saturated rings. The summed E-state index contributed by atoms with van der Waals surface area (Å²) >= 11 is 1.30. The first kappa shape index (κ1) is 27.2. The van der Waals surface area contributed by atoms with Crippen LogP contribution in [0, 0.1) is 6.92 Å². The van der Waals surface area contributed by atoms with Gasteiger partial charge in [-0.3, -0.25) is 4.79 Å². The molecule has 0 bridgehead atoms. The van der Waals surface area contributed by atoms with Gasteiger partial charge in [-0.1, -0.05) is 49.1 Å². The van der Waals surface area contributed by atoms with E-state index in [4.69, 9.17) is 14.6 Å². The number of benzene rings is 3. The lowest BCUT2D eigenvalue weighted by molar-refractivity contribution is 0.315. The molecule has 8 nitrogen and oxygen atoms in total. The third kappa shape index (κ3) is 5.46. The van der Waals surface area contributed by atoms with E-state index in [-0.39, 0.29) is 5.56 Å². The summed E-state index contributed by atoms with van der Waals surface area (Å²) in [6.07, 6.45) is 6.45. The zero-order valence-electron chi connectivity index (χ0n) is 23.4. The van der Waals surface area contributed by atoms with Crippen LogP contribution in [-0.4, -0.2) is 37.6 Å². The van der Waals surface area contributed by atoms with Crippen molar-refractivity contribution in [2.45, 2.75) is 20.3 Å². The standard InChI is InChI=1S/C33H29N5O3S/c1-4-17-40-27-14-11-23(12-15-27)31-34-33-38(36-31)32(39)29(42-33)20-25-21-37(26-9-7-6-8-10-26)35-30(25)24-13-16-28(22(3)19-24)41-18-5-2/h4,6-16,19-21H,1,5,17-18H2,2-3H3. The second-order valence-corrected chi connectivity index (χ2v) is 10.7. The summed E-state index contributed by atoms with van der Waals surface area (Å²) in [6.45, 7) is 8.88. The number of aromatic nitrogens is 5. The van der Waals surface area contributed by atoms with Gasteiger partial charge in [0.15, 0.2) is 5.82 Å². The van der Waals surface area contributed by atoms with Gasteiger partial charge in [-0.15, -0.1) is 5.10 Å². The lowest BCUT2D eigenvalue weighted by Gasteiger charge is -2.09. The molecule has 0 atom stereocenters. The average molecular weight is 576 g/mol. The molecule has 0 amide bonds. The molecule has 0 unspecified atom stereocenters. The quantitative estimate of drug-likeness (QED) is 0.190. The number of nitrogens with zero attached hydrogens (tertiary/aromatic N) is 5. The number of hydrogen-bond acceptors (Lipinski definition) is 7. The lowest BCUT2D eigenvalue weighted by Crippen LogP contribution is -2.23. The van der Waals surface area contributed by atoms with Crippen LogP contribution in [0.1, 0.15) is 24.5 Å². The molecular formula is C33H29N5O3S. The summed E-state index contributed by atoms with van der Waals surface area (Å²) in [5, 5.41) is 9.43. The molecular weight excluding hydrogens is 546 g/mol. The van der Waals surface area contributed by atoms with Gasteiger partial charge in [0.25, 0.3) is 5.56 Å². The molecule has 3 aromatic carbocycles. The molecule has 0 saturated carbocycles. The maximum absolute atomic E-state index is 13.4. The maximum atomic E-state index is 13.4. The topological polar surface area (TPSA) is 83.5 Å². The minimum Gasteiger partial charge on any atom is -0.493 e. The van der Waals surface area contributed by atoms with Gasteiger partial charge in [0.2, 0.25) is 4.96 Å². The van der Waals surface area contributed by atoms with Crippen LogP contribution >= 0.6 is 11.3 Å². The fourth-order valence-electron chi connectivity index (χ4n) is 4.55. The van der Waals surface area contributed by atoms with Gasteiger partial charge in [0.1, 0.15) is 23.8 Å². The molecule has 9 heteroatoms. The Hall–Kier alpha value is -5.02. The van der Waals surface area contributed by atoms with Crippen LogP contribution in [0.3, 0.4) is 0 Å². The zero-order chi connectivity index (χ0) is 29.1. The molecule has 0 N–H and O–H groups in total. The van der Waals surface area contributed by atoms with E-state index in [1.54, 1.807) is 6.08 Å². The highest BCUT2D eigenvalue weighted by atomic mass is 32.1. The number of fused-ring (bicyclic) bond motifs is 1. The third-order valence-electron chi connectivity index (χ3n) is 6.62. The molecule has 6 aromatic rings. The number of ether oxygens (including phenoxy) is 2. The van der Waals surface area contributed by atoms with E-state index in [2.05, 4.69) is 29.7 Å². The van der Waals surface area contributed by atoms with Crippen molar-refractivity contribution in [3.63, 3.8) is 0 Å². The SMILES string of the molecule is C=CCOc1ccc(-c2nc3sc(=Cc4cn(-c5ccccc5)nc4-c4ccc(OCCC)c(C)c4)c(=O)n3n2)cc1. The fourth-order valence-corrected chi connectivity index (χ4v) is 5.45. The Labute approximate surface area is 246 Å². The molecule has 0 aliphatic carbocycles. The summed E-state index contributed by atoms with van der Waals surface area (Å²) in [7, 11) is 0. The zero-order valence-corrected chi connectivity index (χ0v) is 24.2.